The molecule has 0 radical (unpaired) electrons. The van der Waals surface area contributed by atoms with E-state index in [9.17, 15) is 14.0 Å². The lowest BCUT2D eigenvalue weighted by atomic mass is 10.1. The van der Waals surface area contributed by atoms with E-state index < -0.39 is 12.0 Å². The monoisotopic (exact) mass is 507 g/mol. The third-order valence-corrected chi connectivity index (χ3v) is 6.24. The van der Waals surface area contributed by atoms with Crippen molar-refractivity contribution in [1.82, 2.24) is 14.8 Å². The Morgan fingerprint density at radius 1 is 1.06 bits per heavy atom. The molecule has 1 atom stereocenters. The summed E-state index contributed by atoms with van der Waals surface area (Å²) in [6.07, 6.45) is 1.20. The number of rotatable bonds is 6. The number of hydrogen-bond acceptors (Lipinski definition) is 6. The van der Waals surface area contributed by atoms with Gasteiger partial charge < -0.3 is 15.0 Å². The fraction of sp³-hybridized carbons (Fsp3) is 0.231. The Hall–Kier alpha value is -3.98. The second-order valence-electron chi connectivity index (χ2n) is 8.47. The Bertz CT molecular complexity index is 1300. The van der Waals surface area contributed by atoms with Crippen LogP contribution >= 0.6 is 11.6 Å². The van der Waals surface area contributed by atoms with E-state index in [2.05, 4.69) is 15.3 Å². The molecular weight excluding hydrogens is 485 g/mol. The number of benzene rings is 2. The van der Waals surface area contributed by atoms with Crippen molar-refractivity contribution in [1.29, 1.82) is 0 Å². The summed E-state index contributed by atoms with van der Waals surface area (Å²) < 4.78 is 18.9. The van der Waals surface area contributed by atoms with Gasteiger partial charge in [-0.1, -0.05) is 29.8 Å². The molecule has 3 heterocycles. The van der Waals surface area contributed by atoms with Crippen LogP contribution in [0.15, 0.2) is 71.7 Å². The highest BCUT2D eigenvalue weighted by Gasteiger charge is 2.39. The molecule has 0 bridgehead atoms. The molecule has 3 aromatic rings. The fourth-order valence-electron chi connectivity index (χ4n) is 4.19. The summed E-state index contributed by atoms with van der Waals surface area (Å²) in [5.74, 6) is 0.184. The number of carbonyl (C=O) groups excluding carboxylic acids is 2. The van der Waals surface area contributed by atoms with E-state index in [0.29, 0.717) is 35.4 Å². The van der Waals surface area contributed by atoms with Crippen LogP contribution in [0.1, 0.15) is 18.4 Å². The van der Waals surface area contributed by atoms with Gasteiger partial charge in [-0.25, -0.2) is 4.99 Å². The Morgan fingerprint density at radius 2 is 1.83 bits per heavy atom. The van der Waals surface area contributed by atoms with Gasteiger partial charge in [0.1, 0.15) is 11.8 Å². The van der Waals surface area contributed by atoms with Gasteiger partial charge in [-0.15, -0.1) is 0 Å². The SMILES string of the molecule is O=C1C(N2CCCC2=O)CN=C(Nc2ccc(Oc3cccc(F)n3)cc2)N1Cc1ccc(Cl)cc1. The number of pyridine rings is 1. The molecule has 0 spiro atoms. The van der Waals surface area contributed by atoms with Crippen molar-refractivity contribution < 1.29 is 18.7 Å². The Balaban J connectivity index is 1.35. The van der Waals surface area contributed by atoms with Crippen molar-refractivity contribution in [3.63, 3.8) is 0 Å². The van der Waals surface area contributed by atoms with Crippen LogP contribution in [-0.4, -0.2) is 51.7 Å². The van der Waals surface area contributed by atoms with Crippen LogP contribution in [0, 0.1) is 5.95 Å². The Morgan fingerprint density at radius 3 is 2.53 bits per heavy atom. The normalized spacial score (nSPS) is 17.8. The van der Waals surface area contributed by atoms with Crippen LogP contribution in [0.3, 0.4) is 0 Å². The van der Waals surface area contributed by atoms with Crippen molar-refractivity contribution in [2.24, 2.45) is 4.99 Å². The van der Waals surface area contributed by atoms with E-state index in [-0.39, 0.29) is 30.8 Å². The average Bonchev–Trinajstić information content (AvgIpc) is 3.29. The lowest BCUT2D eigenvalue weighted by Crippen LogP contribution is -2.56. The van der Waals surface area contributed by atoms with E-state index in [0.717, 1.165) is 12.0 Å². The van der Waals surface area contributed by atoms with Crippen LogP contribution in [0.4, 0.5) is 10.1 Å². The number of guanidine groups is 1. The first kappa shape index (κ1) is 23.7. The highest BCUT2D eigenvalue weighted by molar-refractivity contribution is 6.30. The zero-order chi connectivity index (χ0) is 25.1. The number of hydrogen-bond donors (Lipinski definition) is 1. The predicted octanol–water partition coefficient (Wildman–Crippen LogP) is 4.47. The van der Waals surface area contributed by atoms with Gasteiger partial charge in [0.05, 0.1) is 13.1 Å². The van der Waals surface area contributed by atoms with Gasteiger partial charge in [-0.2, -0.15) is 9.37 Å². The Labute approximate surface area is 212 Å². The van der Waals surface area contributed by atoms with Crippen molar-refractivity contribution in [2.75, 3.05) is 18.4 Å². The summed E-state index contributed by atoms with van der Waals surface area (Å²) in [4.78, 5) is 37.4. The van der Waals surface area contributed by atoms with E-state index in [1.165, 1.54) is 12.1 Å². The number of halogens is 2. The molecule has 1 fully saturated rings. The summed E-state index contributed by atoms with van der Waals surface area (Å²) in [7, 11) is 0. The number of carbonyl (C=O) groups is 2. The average molecular weight is 508 g/mol. The smallest absolute Gasteiger partial charge is 0.254 e. The maximum atomic E-state index is 13.5. The minimum Gasteiger partial charge on any atom is -0.439 e. The third-order valence-electron chi connectivity index (χ3n) is 5.98. The van der Waals surface area contributed by atoms with Gasteiger partial charge in [0.25, 0.3) is 5.91 Å². The zero-order valence-corrected chi connectivity index (χ0v) is 20.0. The standard InChI is InChI=1S/C26H23ClFN5O3/c27-18-8-6-17(7-9-18)16-33-25(35)21(32-14-2-5-24(32)34)15-29-26(33)30-19-10-12-20(13-11-19)36-23-4-1-3-22(28)31-23/h1,3-4,6-13,21H,2,5,14-16H2,(H,29,30). The van der Waals surface area contributed by atoms with Crippen molar-refractivity contribution in [3.8, 4) is 11.6 Å². The third kappa shape index (κ3) is 5.31. The molecule has 5 rings (SSSR count). The molecule has 2 amide bonds. The van der Waals surface area contributed by atoms with Gasteiger partial charge in [-0.3, -0.25) is 14.5 Å². The molecular formula is C26H23ClFN5O3. The van der Waals surface area contributed by atoms with Crippen molar-refractivity contribution in [2.45, 2.75) is 25.4 Å². The molecule has 8 nitrogen and oxygen atoms in total. The number of ether oxygens (including phenoxy) is 1. The van der Waals surface area contributed by atoms with Crippen LogP contribution in [0.2, 0.25) is 5.02 Å². The number of amides is 2. The minimum atomic E-state index is -0.625. The molecule has 184 valence electrons. The number of nitrogens with zero attached hydrogens (tertiary/aromatic N) is 4. The molecule has 2 aliphatic heterocycles. The van der Waals surface area contributed by atoms with E-state index in [1.54, 1.807) is 52.3 Å². The molecule has 2 aromatic carbocycles. The van der Waals surface area contributed by atoms with Gasteiger partial charge in [0, 0.05) is 29.7 Å². The van der Waals surface area contributed by atoms with Crippen LogP contribution in [0.5, 0.6) is 11.6 Å². The molecule has 10 heteroatoms. The Kier molecular flexibility index (Phi) is 6.81. The summed E-state index contributed by atoms with van der Waals surface area (Å²) in [6, 6.07) is 17.9. The second-order valence-corrected chi connectivity index (χ2v) is 8.91. The van der Waals surface area contributed by atoms with Crippen LogP contribution < -0.4 is 10.1 Å². The predicted molar refractivity (Wildman–Crippen MR) is 133 cm³/mol. The summed E-state index contributed by atoms with van der Waals surface area (Å²) in [6.45, 7) is 1.02. The maximum absolute atomic E-state index is 13.5. The summed E-state index contributed by atoms with van der Waals surface area (Å²) in [5, 5.41) is 3.81. The molecule has 0 aliphatic carbocycles. The first-order chi connectivity index (χ1) is 17.5. The topological polar surface area (TPSA) is 87.1 Å². The number of nitrogens with one attached hydrogen (secondary N) is 1. The molecule has 0 saturated carbocycles. The van der Waals surface area contributed by atoms with Crippen molar-refractivity contribution in [3.05, 3.63) is 83.3 Å². The molecule has 1 unspecified atom stereocenters. The fourth-order valence-corrected chi connectivity index (χ4v) is 4.31. The van der Waals surface area contributed by atoms with Crippen LogP contribution in [0.25, 0.3) is 0 Å². The highest BCUT2D eigenvalue weighted by atomic mass is 35.5. The van der Waals surface area contributed by atoms with Gasteiger partial charge >= 0.3 is 0 Å². The van der Waals surface area contributed by atoms with Gasteiger partial charge in [0.2, 0.25) is 23.7 Å². The largest absolute Gasteiger partial charge is 0.439 e. The second kappa shape index (κ2) is 10.3. The van der Waals surface area contributed by atoms with Crippen LogP contribution in [-0.2, 0) is 16.1 Å². The van der Waals surface area contributed by atoms with Crippen molar-refractivity contribution >= 4 is 35.1 Å². The number of likely N-dealkylation sites (tertiary alicyclic amines) is 1. The molecule has 36 heavy (non-hydrogen) atoms. The van der Waals surface area contributed by atoms with Gasteiger partial charge in [0.15, 0.2) is 0 Å². The van der Waals surface area contributed by atoms with E-state index in [1.807, 2.05) is 12.1 Å². The molecule has 1 aromatic heterocycles. The minimum absolute atomic E-state index is 0.0187. The summed E-state index contributed by atoms with van der Waals surface area (Å²) >= 11 is 6.02. The number of aromatic nitrogens is 1. The lowest BCUT2D eigenvalue weighted by Gasteiger charge is -2.36. The lowest BCUT2D eigenvalue weighted by molar-refractivity contribution is -0.141. The summed E-state index contributed by atoms with van der Waals surface area (Å²) in [5.41, 5.74) is 1.56. The first-order valence-electron chi connectivity index (χ1n) is 11.5. The number of aliphatic imine (C=N–C) groups is 1. The maximum Gasteiger partial charge on any atom is 0.254 e. The molecule has 2 aliphatic rings. The molecule has 1 saturated heterocycles. The molecule has 1 N–H and O–H groups in total. The van der Waals surface area contributed by atoms with Gasteiger partial charge in [-0.05, 0) is 54.4 Å². The zero-order valence-electron chi connectivity index (χ0n) is 19.2. The quantitative estimate of drug-likeness (QED) is 0.497. The van der Waals surface area contributed by atoms with E-state index in [4.69, 9.17) is 16.3 Å². The first-order valence-corrected chi connectivity index (χ1v) is 11.9. The van der Waals surface area contributed by atoms with E-state index >= 15 is 0 Å². The highest BCUT2D eigenvalue weighted by Crippen LogP contribution is 2.24. The number of anilines is 1.